The summed E-state index contributed by atoms with van der Waals surface area (Å²) in [5, 5.41) is 2.77. The van der Waals surface area contributed by atoms with E-state index in [2.05, 4.69) is 81.4 Å². The normalized spacial score (nSPS) is 13.1. The number of rotatable bonds is 7. The standard InChI is InChI=1S/C19H26OSi/c1-4-16-21(20-17(3)5-2,18-12-8-6-9-13-18)19-14-10-7-11-15-19/h6-15,17H,4-5,16H2,1-3H3. The summed E-state index contributed by atoms with van der Waals surface area (Å²) in [6.45, 7) is 6.66. The van der Waals surface area contributed by atoms with Gasteiger partial charge in [-0.1, -0.05) is 80.9 Å². The van der Waals surface area contributed by atoms with Gasteiger partial charge in [-0.15, -0.1) is 0 Å². The van der Waals surface area contributed by atoms with E-state index < -0.39 is 8.32 Å². The summed E-state index contributed by atoms with van der Waals surface area (Å²) < 4.78 is 6.74. The van der Waals surface area contributed by atoms with Crippen LogP contribution in [0.3, 0.4) is 0 Å². The van der Waals surface area contributed by atoms with Crippen molar-refractivity contribution in [2.24, 2.45) is 0 Å². The maximum Gasteiger partial charge on any atom is 0.256 e. The van der Waals surface area contributed by atoms with Gasteiger partial charge < -0.3 is 4.43 Å². The summed E-state index contributed by atoms with van der Waals surface area (Å²) in [6.07, 6.45) is 2.49. The van der Waals surface area contributed by atoms with Crippen molar-refractivity contribution in [1.29, 1.82) is 0 Å². The first kappa shape index (κ1) is 16.0. The topological polar surface area (TPSA) is 9.23 Å². The summed E-state index contributed by atoms with van der Waals surface area (Å²) >= 11 is 0. The summed E-state index contributed by atoms with van der Waals surface area (Å²) in [4.78, 5) is 0. The van der Waals surface area contributed by atoms with Crippen molar-refractivity contribution in [2.45, 2.75) is 45.8 Å². The van der Waals surface area contributed by atoms with E-state index in [-0.39, 0.29) is 0 Å². The predicted octanol–water partition coefficient (Wildman–Crippen LogP) is 3.97. The second kappa shape index (κ2) is 7.58. The molecule has 0 fully saturated rings. The molecule has 1 atom stereocenters. The van der Waals surface area contributed by atoms with Crippen LogP contribution in [0, 0.1) is 0 Å². The van der Waals surface area contributed by atoms with Gasteiger partial charge in [-0.25, -0.2) is 0 Å². The predicted molar refractivity (Wildman–Crippen MR) is 93.8 cm³/mol. The molecule has 0 spiro atoms. The third kappa shape index (κ3) is 3.63. The van der Waals surface area contributed by atoms with E-state index in [0.29, 0.717) is 6.10 Å². The van der Waals surface area contributed by atoms with Crippen molar-refractivity contribution in [3.63, 3.8) is 0 Å². The molecule has 0 heterocycles. The minimum atomic E-state index is -2.13. The summed E-state index contributed by atoms with van der Waals surface area (Å²) in [5.74, 6) is 0. The van der Waals surface area contributed by atoms with E-state index in [0.717, 1.165) is 18.9 Å². The van der Waals surface area contributed by atoms with E-state index in [1.165, 1.54) is 10.4 Å². The van der Waals surface area contributed by atoms with E-state index in [1.807, 2.05) is 0 Å². The number of benzene rings is 2. The molecule has 112 valence electrons. The Kier molecular flexibility index (Phi) is 5.77. The molecular weight excluding hydrogens is 272 g/mol. The molecule has 0 bridgehead atoms. The van der Waals surface area contributed by atoms with Crippen molar-refractivity contribution < 1.29 is 4.43 Å². The molecule has 0 aliphatic heterocycles. The molecule has 2 aromatic rings. The summed E-state index contributed by atoms with van der Waals surface area (Å²) in [6, 6.07) is 22.8. The molecule has 0 radical (unpaired) electrons. The fraction of sp³-hybridized carbons (Fsp3) is 0.368. The lowest BCUT2D eigenvalue weighted by Gasteiger charge is -2.35. The first-order valence-corrected chi connectivity index (χ1v) is 10.1. The van der Waals surface area contributed by atoms with E-state index in [1.54, 1.807) is 0 Å². The van der Waals surface area contributed by atoms with Crippen LogP contribution in [-0.2, 0) is 4.43 Å². The molecule has 1 unspecified atom stereocenters. The van der Waals surface area contributed by atoms with Crippen LogP contribution >= 0.6 is 0 Å². The van der Waals surface area contributed by atoms with Gasteiger partial charge in [0, 0.05) is 6.10 Å². The summed E-state index contributed by atoms with van der Waals surface area (Å²) in [5.41, 5.74) is 0. The molecule has 1 nitrogen and oxygen atoms in total. The molecule has 2 heteroatoms. The Balaban J connectivity index is 2.54. The Bertz CT molecular complexity index is 484. The average molecular weight is 299 g/mol. The van der Waals surface area contributed by atoms with Crippen LogP contribution in [0.5, 0.6) is 0 Å². The molecule has 0 N–H and O–H groups in total. The van der Waals surface area contributed by atoms with Gasteiger partial charge in [0.25, 0.3) is 8.32 Å². The zero-order valence-corrected chi connectivity index (χ0v) is 14.4. The second-order valence-corrected chi connectivity index (χ2v) is 9.19. The van der Waals surface area contributed by atoms with Crippen LogP contribution in [-0.4, -0.2) is 14.4 Å². The lowest BCUT2D eigenvalue weighted by atomic mass is 10.3. The van der Waals surface area contributed by atoms with Crippen LogP contribution in [0.2, 0.25) is 6.04 Å². The maximum atomic E-state index is 6.74. The lowest BCUT2D eigenvalue weighted by molar-refractivity contribution is 0.213. The highest BCUT2D eigenvalue weighted by molar-refractivity contribution is 6.97. The molecule has 0 aliphatic rings. The molecule has 2 aromatic carbocycles. The van der Waals surface area contributed by atoms with Gasteiger partial charge in [0.1, 0.15) is 0 Å². The van der Waals surface area contributed by atoms with Crippen LogP contribution in [0.15, 0.2) is 60.7 Å². The molecule has 0 aliphatic carbocycles. The maximum absolute atomic E-state index is 6.74. The van der Waals surface area contributed by atoms with Crippen LogP contribution in [0.4, 0.5) is 0 Å². The Morgan fingerprint density at radius 3 is 1.71 bits per heavy atom. The van der Waals surface area contributed by atoms with E-state index in [9.17, 15) is 0 Å². The fourth-order valence-electron chi connectivity index (χ4n) is 2.84. The van der Waals surface area contributed by atoms with Crippen LogP contribution in [0.1, 0.15) is 33.6 Å². The van der Waals surface area contributed by atoms with Crippen LogP contribution < -0.4 is 10.4 Å². The molecule has 2 rings (SSSR count). The zero-order valence-electron chi connectivity index (χ0n) is 13.4. The minimum absolute atomic E-state index is 0.295. The van der Waals surface area contributed by atoms with E-state index in [4.69, 9.17) is 4.43 Å². The van der Waals surface area contributed by atoms with Gasteiger partial charge in [0.15, 0.2) is 0 Å². The molecule has 21 heavy (non-hydrogen) atoms. The minimum Gasteiger partial charge on any atom is -0.405 e. The second-order valence-electron chi connectivity index (χ2n) is 5.65. The van der Waals surface area contributed by atoms with Gasteiger partial charge in [0.05, 0.1) is 0 Å². The highest BCUT2D eigenvalue weighted by atomic mass is 28.4. The number of hydrogen-bond donors (Lipinski definition) is 0. The van der Waals surface area contributed by atoms with Crippen molar-refractivity contribution in [3.8, 4) is 0 Å². The van der Waals surface area contributed by atoms with Gasteiger partial charge in [-0.2, -0.15) is 0 Å². The molecular formula is C19H26OSi. The first-order chi connectivity index (χ1) is 10.2. The quantitative estimate of drug-likeness (QED) is 0.703. The van der Waals surface area contributed by atoms with Gasteiger partial charge in [0.2, 0.25) is 0 Å². The van der Waals surface area contributed by atoms with Crippen molar-refractivity contribution in [3.05, 3.63) is 60.7 Å². The van der Waals surface area contributed by atoms with Crippen molar-refractivity contribution >= 4 is 18.7 Å². The van der Waals surface area contributed by atoms with Crippen LogP contribution in [0.25, 0.3) is 0 Å². The molecule has 0 aromatic heterocycles. The molecule has 0 saturated carbocycles. The highest BCUT2D eigenvalue weighted by Gasteiger charge is 2.39. The average Bonchev–Trinajstić information content (AvgIpc) is 2.56. The number of hydrogen-bond acceptors (Lipinski definition) is 1. The Hall–Kier alpha value is -1.38. The Morgan fingerprint density at radius 1 is 0.857 bits per heavy atom. The Labute approximate surface area is 130 Å². The van der Waals surface area contributed by atoms with Crippen molar-refractivity contribution in [2.75, 3.05) is 0 Å². The summed E-state index contributed by atoms with van der Waals surface area (Å²) in [7, 11) is -2.13. The first-order valence-electron chi connectivity index (χ1n) is 8.01. The third-order valence-corrected chi connectivity index (χ3v) is 8.60. The van der Waals surface area contributed by atoms with E-state index >= 15 is 0 Å². The van der Waals surface area contributed by atoms with Crippen molar-refractivity contribution in [1.82, 2.24) is 0 Å². The molecule has 0 amide bonds. The van der Waals surface area contributed by atoms with Gasteiger partial charge in [-0.05, 0) is 29.8 Å². The third-order valence-electron chi connectivity index (χ3n) is 4.06. The molecule has 0 saturated heterocycles. The smallest absolute Gasteiger partial charge is 0.256 e. The van der Waals surface area contributed by atoms with Gasteiger partial charge >= 0.3 is 0 Å². The largest absolute Gasteiger partial charge is 0.405 e. The SMILES string of the molecule is CCC[Si](OC(C)CC)(c1ccccc1)c1ccccc1. The lowest BCUT2D eigenvalue weighted by Crippen LogP contribution is -2.61. The monoisotopic (exact) mass is 298 g/mol. The highest BCUT2D eigenvalue weighted by Crippen LogP contribution is 2.18. The Morgan fingerprint density at radius 2 is 1.33 bits per heavy atom. The fourth-order valence-corrected chi connectivity index (χ4v) is 7.16. The zero-order chi connectivity index (χ0) is 15.1. The van der Waals surface area contributed by atoms with Gasteiger partial charge in [-0.3, -0.25) is 0 Å².